The Kier molecular flexibility index (Phi) is 5.90. The molecule has 0 unspecified atom stereocenters. The predicted molar refractivity (Wildman–Crippen MR) is 96.9 cm³/mol. The molecule has 0 saturated heterocycles. The summed E-state index contributed by atoms with van der Waals surface area (Å²) in [5.74, 6) is -1.47. The van der Waals surface area contributed by atoms with Crippen molar-refractivity contribution < 1.29 is 23.5 Å². The van der Waals surface area contributed by atoms with Gasteiger partial charge in [0.25, 0.3) is 11.8 Å². The molecule has 3 rings (SSSR count). The summed E-state index contributed by atoms with van der Waals surface area (Å²) in [7, 11) is 0. The van der Waals surface area contributed by atoms with Crippen molar-refractivity contribution in [3.05, 3.63) is 59.5 Å². The number of ether oxygens (including phenoxy) is 1. The normalized spacial score (nSPS) is 16.7. The van der Waals surface area contributed by atoms with Crippen LogP contribution in [0.2, 0.25) is 0 Å². The number of carbonyl (C=O) groups excluding carboxylic acids is 3. The van der Waals surface area contributed by atoms with Gasteiger partial charge in [-0.3, -0.25) is 9.59 Å². The van der Waals surface area contributed by atoms with Crippen molar-refractivity contribution in [2.45, 2.75) is 38.3 Å². The molecule has 0 saturated carbocycles. The maximum atomic E-state index is 12.2. The number of benzene rings is 1. The van der Waals surface area contributed by atoms with Crippen molar-refractivity contribution >= 4 is 17.8 Å². The highest BCUT2D eigenvalue weighted by Gasteiger charge is 2.23. The number of carbonyl (C=O) groups is 3. The number of furan rings is 1. The molecule has 0 bridgehead atoms. The van der Waals surface area contributed by atoms with Gasteiger partial charge in [0.15, 0.2) is 12.4 Å². The van der Waals surface area contributed by atoms with Gasteiger partial charge < -0.3 is 19.8 Å². The van der Waals surface area contributed by atoms with Crippen molar-refractivity contribution in [2.75, 3.05) is 6.61 Å². The van der Waals surface area contributed by atoms with Gasteiger partial charge in [-0.1, -0.05) is 24.3 Å². The quantitative estimate of drug-likeness (QED) is 0.759. The van der Waals surface area contributed by atoms with Crippen LogP contribution in [0.4, 0.5) is 0 Å². The van der Waals surface area contributed by atoms with Gasteiger partial charge in [0, 0.05) is 0 Å². The third-order valence-corrected chi connectivity index (χ3v) is 4.50. The van der Waals surface area contributed by atoms with Crippen LogP contribution < -0.4 is 10.6 Å². The number of amides is 2. The van der Waals surface area contributed by atoms with E-state index in [0.29, 0.717) is 0 Å². The van der Waals surface area contributed by atoms with E-state index in [9.17, 15) is 14.4 Å². The van der Waals surface area contributed by atoms with Gasteiger partial charge in [-0.2, -0.15) is 0 Å². The molecule has 2 N–H and O–H groups in total. The van der Waals surface area contributed by atoms with Crippen LogP contribution in [0.15, 0.2) is 47.1 Å². The van der Waals surface area contributed by atoms with Crippen molar-refractivity contribution in [2.24, 2.45) is 0 Å². The largest absolute Gasteiger partial charge is 0.459 e. The third kappa shape index (κ3) is 4.75. The zero-order valence-electron chi connectivity index (χ0n) is 15.1. The lowest BCUT2D eigenvalue weighted by Gasteiger charge is -2.26. The lowest BCUT2D eigenvalue weighted by Crippen LogP contribution is -2.41. The fourth-order valence-electron chi connectivity index (χ4n) is 3.14. The molecule has 7 heteroatoms. The van der Waals surface area contributed by atoms with E-state index in [1.54, 1.807) is 6.07 Å². The van der Waals surface area contributed by atoms with Crippen molar-refractivity contribution in [3.63, 3.8) is 0 Å². The van der Waals surface area contributed by atoms with Crippen LogP contribution in [-0.4, -0.2) is 30.4 Å². The molecule has 1 aliphatic carbocycles. The molecule has 1 aromatic carbocycles. The van der Waals surface area contributed by atoms with E-state index in [1.807, 2.05) is 18.2 Å². The summed E-state index contributed by atoms with van der Waals surface area (Å²) >= 11 is 0. The van der Waals surface area contributed by atoms with Crippen LogP contribution in [0.3, 0.4) is 0 Å². The molecule has 27 heavy (non-hydrogen) atoms. The lowest BCUT2D eigenvalue weighted by molar-refractivity contribution is -0.150. The Morgan fingerprint density at radius 1 is 1.22 bits per heavy atom. The first-order valence-corrected chi connectivity index (χ1v) is 8.93. The van der Waals surface area contributed by atoms with Gasteiger partial charge in [-0.15, -0.1) is 0 Å². The molecular formula is C20H22N2O5. The lowest BCUT2D eigenvalue weighted by atomic mass is 9.88. The summed E-state index contributed by atoms with van der Waals surface area (Å²) in [6.07, 6.45) is 4.22. The molecule has 2 atom stereocenters. The second kappa shape index (κ2) is 8.53. The summed E-state index contributed by atoms with van der Waals surface area (Å²) in [6.45, 7) is 1.09. The zero-order valence-corrected chi connectivity index (χ0v) is 15.1. The molecular weight excluding hydrogens is 348 g/mol. The van der Waals surface area contributed by atoms with Gasteiger partial charge in [0.05, 0.1) is 12.3 Å². The second-order valence-corrected chi connectivity index (χ2v) is 6.49. The molecule has 7 nitrogen and oxygen atoms in total. The predicted octanol–water partition coefficient (Wildman–Crippen LogP) is 2.13. The van der Waals surface area contributed by atoms with Crippen LogP contribution >= 0.6 is 0 Å². The maximum Gasteiger partial charge on any atom is 0.328 e. The summed E-state index contributed by atoms with van der Waals surface area (Å²) in [5.41, 5.74) is 2.35. The van der Waals surface area contributed by atoms with Gasteiger partial charge in [0.1, 0.15) is 6.04 Å². The summed E-state index contributed by atoms with van der Waals surface area (Å²) in [5, 5.41) is 5.38. The van der Waals surface area contributed by atoms with Crippen LogP contribution in [0, 0.1) is 0 Å². The first-order chi connectivity index (χ1) is 13.0. The van der Waals surface area contributed by atoms with Crippen molar-refractivity contribution in [1.29, 1.82) is 0 Å². The topological polar surface area (TPSA) is 97.6 Å². The number of aryl methyl sites for hydroxylation is 1. The molecule has 1 aromatic heterocycles. The Morgan fingerprint density at radius 3 is 2.81 bits per heavy atom. The Morgan fingerprint density at radius 2 is 2.04 bits per heavy atom. The van der Waals surface area contributed by atoms with Crippen LogP contribution in [-0.2, 0) is 20.7 Å². The highest BCUT2D eigenvalue weighted by Crippen LogP contribution is 2.29. The Labute approximate surface area is 157 Å². The van der Waals surface area contributed by atoms with Crippen LogP contribution in [0.1, 0.15) is 47.5 Å². The van der Waals surface area contributed by atoms with E-state index in [-0.39, 0.29) is 17.7 Å². The van der Waals surface area contributed by atoms with Gasteiger partial charge >= 0.3 is 5.97 Å². The number of rotatable bonds is 6. The minimum absolute atomic E-state index is 0.0720. The molecule has 0 radical (unpaired) electrons. The van der Waals surface area contributed by atoms with Crippen molar-refractivity contribution in [1.82, 2.24) is 10.6 Å². The van der Waals surface area contributed by atoms with Crippen molar-refractivity contribution in [3.8, 4) is 0 Å². The molecule has 1 heterocycles. The second-order valence-electron chi connectivity index (χ2n) is 6.49. The highest BCUT2D eigenvalue weighted by atomic mass is 16.5. The Bertz CT molecular complexity index is 816. The maximum absolute atomic E-state index is 12.2. The van der Waals surface area contributed by atoms with E-state index in [1.165, 1.54) is 24.8 Å². The molecule has 1 aliphatic rings. The zero-order chi connectivity index (χ0) is 19.2. The monoisotopic (exact) mass is 370 g/mol. The van der Waals surface area contributed by atoms with Gasteiger partial charge in [0.2, 0.25) is 0 Å². The standard InChI is InChI=1S/C20H22N2O5/c1-13(21-19(24)17-10-5-11-26-17)20(25)27-12-18(23)22-16-9-4-7-14-6-2-3-8-15(14)16/h2-3,5-6,8,10-11,13,16H,4,7,9,12H2,1H3,(H,21,24)(H,22,23)/t13-,16-/m0/s1. The van der Waals surface area contributed by atoms with E-state index < -0.39 is 24.5 Å². The summed E-state index contributed by atoms with van der Waals surface area (Å²) in [6, 6.07) is 10.1. The average molecular weight is 370 g/mol. The summed E-state index contributed by atoms with van der Waals surface area (Å²) < 4.78 is 9.98. The average Bonchev–Trinajstić information content (AvgIpc) is 3.21. The number of hydrogen-bond donors (Lipinski definition) is 2. The number of esters is 1. The first-order valence-electron chi connectivity index (χ1n) is 8.93. The Balaban J connectivity index is 1.46. The summed E-state index contributed by atoms with van der Waals surface area (Å²) in [4.78, 5) is 36.0. The number of hydrogen-bond acceptors (Lipinski definition) is 5. The smallest absolute Gasteiger partial charge is 0.328 e. The van der Waals surface area contributed by atoms with Gasteiger partial charge in [-0.25, -0.2) is 4.79 Å². The van der Waals surface area contributed by atoms with E-state index in [2.05, 4.69) is 16.7 Å². The number of nitrogens with one attached hydrogen (secondary N) is 2. The van der Waals surface area contributed by atoms with E-state index in [4.69, 9.17) is 9.15 Å². The van der Waals surface area contributed by atoms with Crippen LogP contribution in [0.25, 0.3) is 0 Å². The molecule has 0 aliphatic heterocycles. The first kappa shape index (κ1) is 18.7. The van der Waals surface area contributed by atoms with Crippen LogP contribution in [0.5, 0.6) is 0 Å². The molecule has 2 amide bonds. The highest BCUT2D eigenvalue weighted by molar-refractivity contribution is 5.94. The fourth-order valence-corrected chi connectivity index (χ4v) is 3.14. The molecule has 142 valence electrons. The van der Waals surface area contributed by atoms with Gasteiger partial charge in [-0.05, 0) is 49.4 Å². The molecule has 0 spiro atoms. The SMILES string of the molecule is C[C@H](NC(=O)c1ccco1)C(=O)OCC(=O)N[C@H]1CCCc2ccccc21. The minimum Gasteiger partial charge on any atom is -0.459 e. The fraction of sp³-hybridized carbons (Fsp3) is 0.350. The minimum atomic E-state index is -0.897. The van der Waals surface area contributed by atoms with E-state index in [0.717, 1.165) is 24.8 Å². The van der Waals surface area contributed by atoms with E-state index >= 15 is 0 Å². The molecule has 2 aromatic rings. The number of fused-ring (bicyclic) bond motifs is 1. The molecule has 0 fully saturated rings. The third-order valence-electron chi connectivity index (χ3n) is 4.50. The Hall–Kier alpha value is -3.09.